The van der Waals surface area contributed by atoms with Crippen LogP contribution in [-0.2, 0) is 6.54 Å². The standard InChI is InChI=1S/C13H17NO2/c1-9-4-6-12(15-9)8-14-11(3)13-7-5-10(2)16-13/h4-7,11,14H,8H2,1-3H3. The quantitative estimate of drug-likeness (QED) is 0.857. The molecule has 0 bridgehead atoms. The van der Waals surface area contributed by atoms with E-state index in [-0.39, 0.29) is 6.04 Å². The third kappa shape index (κ3) is 2.55. The summed E-state index contributed by atoms with van der Waals surface area (Å²) in [4.78, 5) is 0. The predicted molar refractivity (Wildman–Crippen MR) is 62.1 cm³/mol. The maximum absolute atomic E-state index is 5.55. The highest BCUT2D eigenvalue weighted by Gasteiger charge is 2.09. The van der Waals surface area contributed by atoms with Crippen LogP contribution in [0.5, 0.6) is 0 Å². The van der Waals surface area contributed by atoms with Crippen LogP contribution in [0.1, 0.15) is 36.0 Å². The van der Waals surface area contributed by atoms with Crippen LogP contribution in [-0.4, -0.2) is 0 Å². The summed E-state index contributed by atoms with van der Waals surface area (Å²) in [5.74, 6) is 3.80. The van der Waals surface area contributed by atoms with E-state index in [4.69, 9.17) is 8.83 Å². The van der Waals surface area contributed by atoms with Crippen molar-refractivity contribution < 1.29 is 8.83 Å². The highest BCUT2D eigenvalue weighted by atomic mass is 16.3. The second kappa shape index (κ2) is 4.58. The minimum atomic E-state index is 0.194. The fourth-order valence-corrected chi connectivity index (χ4v) is 1.62. The zero-order valence-electron chi connectivity index (χ0n) is 9.91. The molecule has 2 heterocycles. The molecule has 0 aliphatic heterocycles. The second-order valence-corrected chi connectivity index (χ2v) is 4.06. The smallest absolute Gasteiger partial charge is 0.120 e. The number of hydrogen-bond acceptors (Lipinski definition) is 3. The first-order chi connectivity index (χ1) is 7.65. The summed E-state index contributed by atoms with van der Waals surface area (Å²) >= 11 is 0. The number of furan rings is 2. The average Bonchev–Trinajstić information content (AvgIpc) is 2.84. The lowest BCUT2D eigenvalue weighted by Gasteiger charge is -2.09. The van der Waals surface area contributed by atoms with E-state index in [2.05, 4.69) is 12.2 Å². The summed E-state index contributed by atoms with van der Waals surface area (Å²) in [5.41, 5.74) is 0. The Hall–Kier alpha value is -1.48. The Bertz CT molecular complexity index is 456. The molecule has 3 nitrogen and oxygen atoms in total. The number of aryl methyl sites for hydroxylation is 2. The van der Waals surface area contributed by atoms with Gasteiger partial charge in [-0.25, -0.2) is 0 Å². The van der Waals surface area contributed by atoms with Gasteiger partial charge in [0.05, 0.1) is 12.6 Å². The van der Waals surface area contributed by atoms with Crippen LogP contribution in [0.3, 0.4) is 0 Å². The molecule has 0 fully saturated rings. The molecule has 86 valence electrons. The summed E-state index contributed by atoms with van der Waals surface area (Å²) in [6, 6.07) is 8.13. The van der Waals surface area contributed by atoms with Gasteiger partial charge in [0.1, 0.15) is 23.0 Å². The Balaban J connectivity index is 1.91. The molecular formula is C13H17NO2. The molecule has 0 saturated heterocycles. The van der Waals surface area contributed by atoms with E-state index in [1.54, 1.807) is 0 Å². The van der Waals surface area contributed by atoms with Crippen LogP contribution in [0.2, 0.25) is 0 Å². The van der Waals surface area contributed by atoms with Crippen LogP contribution in [0.4, 0.5) is 0 Å². The van der Waals surface area contributed by atoms with E-state index in [9.17, 15) is 0 Å². The van der Waals surface area contributed by atoms with E-state index in [1.807, 2.05) is 38.1 Å². The summed E-state index contributed by atoms with van der Waals surface area (Å²) in [6.45, 7) is 6.69. The average molecular weight is 219 g/mol. The molecule has 0 aliphatic rings. The highest BCUT2D eigenvalue weighted by molar-refractivity contribution is 5.10. The van der Waals surface area contributed by atoms with Crippen LogP contribution in [0.15, 0.2) is 33.1 Å². The monoisotopic (exact) mass is 219 g/mol. The van der Waals surface area contributed by atoms with E-state index in [0.29, 0.717) is 0 Å². The molecule has 1 N–H and O–H groups in total. The molecule has 2 rings (SSSR count). The van der Waals surface area contributed by atoms with Crippen LogP contribution in [0.25, 0.3) is 0 Å². The fraction of sp³-hybridized carbons (Fsp3) is 0.385. The fourth-order valence-electron chi connectivity index (χ4n) is 1.62. The van der Waals surface area contributed by atoms with E-state index < -0.39 is 0 Å². The molecule has 2 aromatic heterocycles. The van der Waals surface area contributed by atoms with Crippen molar-refractivity contribution in [3.63, 3.8) is 0 Å². The second-order valence-electron chi connectivity index (χ2n) is 4.06. The Morgan fingerprint density at radius 1 is 1.06 bits per heavy atom. The van der Waals surface area contributed by atoms with Crippen molar-refractivity contribution in [2.75, 3.05) is 0 Å². The Morgan fingerprint density at radius 2 is 1.75 bits per heavy atom. The molecule has 0 amide bonds. The van der Waals surface area contributed by atoms with Crippen LogP contribution >= 0.6 is 0 Å². The molecule has 1 atom stereocenters. The van der Waals surface area contributed by atoms with Gasteiger partial charge in [-0.3, -0.25) is 0 Å². The van der Waals surface area contributed by atoms with Gasteiger partial charge in [0, 0.05) is 0 Å². The third-order valence-corrected chi connectivity index (χ3v) is 2.57. The predicted octanol–water partition coefficient (Wildman–Crippen LogP) is 3.34. The number of rotatable bonds is 4. The van der Waals surface area contributed by atoms with Crippen molar-refractivity contribution in [3.05, 3.63) is 47.3 Å². The summed E-state index contributed by atoms with van der Waals surface area (Å²) in [7, 11) is 0. The van der Waals surface area contributed by atoms with Crippen LogP contribution in [0, 0.1) is 13.8 Å². The van der Waals surface area contributed by atoms with Gasteiger partial charge in [-0.15, -0.1) is 0 Å². The first-order valence-corrected chi connectivity index (χ1v) is 5.50. The molecule has 3 heteroatoms. The van der Waals surface area contributed by atoms with Crippen LogP contribution < -0.4 is 5.32 Å². The van der Waals surface area contributed by atoms with Crippen molar-refractivity contribution in [1.82, 2.24) is 5.32 Å². The minimum absolute atomic E-state index is 0.194. The van der Waals surface area contributed by atoms with Crippen molar-refractivity contribution in [2.24, 2.45) is 0 Å². The molecule has 0 radical (unpaired) electrons. The van der Waals surface area contributed by atoms with Gasteiger partial charge < -0.3 is 14.2 Å². The number of hydrogen-bond donors (Lipinski definition) is 1. The summed E-state index contributed by atoms with van der Waals surface area (Å²) in [5, 5.41) is 3.35. The van der Waals surface area contributed by atoms with Crippen molar-refractivity contribution in [2.45, 2.75) is 33.4 Å². The van der Waals surface area contributed by atoms with E-state index >= 15 is 0 Å². The Labute approximate surface area is 95.5 Å². The maximum atomic E-state index is 5.55. The third-order valence-electron chi connectivity index (χ3n) is 2.57. The molecule has 0 aromatic carbocycles. The lowest BCUT2D eigenvalue weighted by atomic mass is 10.2. The van der Waals surface area contributed by atoms with Gasteiger partial charge in [0.15, 0.2) is 0 Å². The normalized spacial score (nSPS) is 12.9. The minimum Gasteiger partial charge on any atom is -0.465 e. The van der Waals surface area contributed by atoms with Crippen molar-refractivity contribution in [3.8, 4) is 0 Å². The van der Waals surface area contributed by atoms with Gasteiger partial charge in [-0.05, 0) is 45.0 Å². The molecular weight excluding hydrogens is 202 g/mol. The lowest BCUT2D eigenvalue weighted by molar-refractivity contribution is 0.393. The zero-order valence-corrected chi connectivity index (χ0v) is 9.91. The largest absolute Gasteiger partial charge is 0.465 e. The van der Waals surface area contributed by atoms with Gasteiger partial charge in [-0.1, -0.05) is 0 Å². The van der Waals surface area contributed by atoms with Gasteiger partial charge in [-0.2, -0.15) is 0 Å². The molecule has 2 aromatic rings. The summed E-state index contributed by atoms with van der Waals surface area (Å²) in [6.07, 6.45) is 0. The first kappa shape index (κ1) is 11.0. The van der Waals surface area contributed by atoms with Gasteiger partial charge in [0.2, 0.25) is 0 Å². The zero-order chi connectivity index (χ0) is 11.5. The van der Waals surface area contributed by atoms with Gasteiger partial charge >= 0.3 is 0 Å². The number of nitrogens with one attached hydrogen (secondary N) is 1. The molecule has 0 aliphatic carbocycles. The first-order valence-electron chi connectivity index (χ1n) is 5.50. The molecule has 1 unspecified atom stereocenters. The molecule has 0 spiro atoms. The Kier molecular flexibility index (Phi) is 3.15. The van der Waals surface area contributed by atoms with Crippen molar-refractivity contribution >= 4 is 0 Å². The Morgan fingerprint density at radius 3 is 2.31 bits per heavy atom. The van der Waals surface area contributed by atoms with E-state index in [0.717, 1.165) is 29.6 Å². The van der Waals surface area contributed by atoms with Crippen molar-refractivity contribution in [1.29, 1.82) is 0 Å². The lowest BCUT2D eigenvalue weighted by Crippen LogP contribution is -2.17. The van der Waals surface area contributed by atoms with Gasteiger partial charge in [0.25, 0.3) is 0 Å². The SMILES string of the molecule is Cc1ccc(CNC(C)c2ccc(C)o2)o1. The molecule has 16 heavy (non-hydrogen) atoms. The highest BCUT2D eigenvalue weighted by Crippen LogP contribution is 2.16. The topological polar surface area (TPSA) is 38.3 Å². The maximum Gasteiger partial charge on any atom is 0.120 e. The van der Waals surface area contributed by atoms with E-state index in [1.165, 1.54) is 0 Å². The molecule has 0 saturated carbocycles. The summed E-state index contributed by atoms with van der Waals surface area (Å²) < 4.78 is 11.0.